The first-order valence-corrected chi connectivity index (χ1v) is 8.64. The van der Waals surface area contributed by atoms with Crippen LogP contribution in [0.4, 0.5) is 11.4 Å². The molecule has 0 unspecified atom stereocenters. The molecule has 0 fully saturated rings. The van der Waals surface area contributed by atoms with Crippen LogP contribution in [-0.4, -0.2) is 21.0 Å². The Bertz CT molecular complexity index is 849. The highest BCUT2D eigenvalue weighted by Crippen LogP contribution is 2.31. The summed E-state index contributed by atoms with van der Waals surface area (Å²) in [5.74, 6) is -0.385. The predicted molar refractivity (Wildman–Crippen MR) is 90.6 cm³/mol. The van der Waals surface area contributed by atoms with Crippen molar-refractivity contribution in [2.24, 2.45) is 0 Å². The van der Waals surface area contributed by atoms with Gasteiger partial charge in [-0.05, 0) is 31.2 Å². The van der Waals surface area contributed by atoms with E-state index in [0.29, 0.717) is 12.4 Å². The van der Waals surface area contributed by atoms with Gasteiger partial charge in [0, 0.05) is 18.7 Å². The van der Waals surface area contributed by atoms with E-state index in [-0.39, 0.29) is 22.0 Å². The van der Waals surface area contributed by atoms with Crippen molar-refractivity contribution >= 4 is 27.4 Å². The van der Waals surface area contributed by atoms with E-state index >= 15 is 0 Å². The number of nitrogens with one attached hydrogen (secondary N) is 1. The van der Waals surface area contributed by atoms with Crippen molar-refractivity contribution in [1.82, 2.24) is 0 Å². The van der Waals surface area contributed by atoms with Crippen LogP contribution in [0.15, 0.2) is 47.4 Å². The molecule has 0 aliphatic heterocycles. The SMILES string of the molecule is CCOc1ccccc1NS(=O)(=O)c1ccc(N)cc1OC(C)=O. The Hall–Kier alpha value is -2.74. The summed E-state index contributed by atoms with van der Waals surface area (Å²) in [5.41, 5.74) is 6.20. The number of hydrogen-bond donors (Lipinski definition) is 2. The maximum atomic E-state index is 12.7. The molecule has 24 heavy (non-hydrogen) atoms. The number of carbonyl (C=O) groups excluding carboxylic acids is 1. The van der Waals surface area contributed by atoms with E-state index in [4.69, 9.17) is 15.2 Å². The molecule has 2 aromatic rings. The zero-order valence-electron chi connectivity index (χ0n) is 13.3. The molecule has 0 radical (unpaired) electrons. The standard InChI is InChI=1S/C16H18N2O5S/c1-3-22-14-7-5-4-6-13(14)18-24(20,21)16-9-8-12(17)10-15(16)23-11(2)19/h4-10,18H,3,17H2,1-2H3. The number of benzene rings is 2. The predicted octanol–water partition coefficient (Wildman–Crippen LogP) is 2.39. The second kappa shape index (κ2) is 7.22. The van der Waals surface area contributed by atoms with Crippen LogP contribution in [-0.2, 0) is 14.8 Å². The molecule has 2 rings (SSSR count). The topological polar surface area (TPSA) is 108 Å². The Morgan fingerprint density at radius 3 is 2.54 bits per heavy atom. The summed E-state index contributed by atoms with van der Waals surface area (Å²) in [6.45, 7) is 3.36. The first-order valence-electron chi connectivity index (χ1n) is 7.16. The Morgan fingerprint density at radius 1 is 1.17 bits per heavy atom. The third-order valence-corrected chi connectivity index (χ3v) is 4.35. The first kappa shape index (κ1) is 17.6. The molecule has 0 atom stereocenters. The third kappa shape index (κ3) is 4.17. The van der Waals surface area contributed by atoms with Gasteiger partial charge in [-0.15, -0.1) is 0 Å². The van der Waals surface area contributed by atoms with Gasteiger partial charge in [-0.2, -0.15) is 0 Å². The minimum Gasteiger partial charge on any atom is -0.492 e. The largest absolute Gasteiger partial charge is 0.492 e. The number of esters is 1. The van der Waals surface area contributed by atoms with Crippen molar-refractivity contribution in [1.29, 1.82) is 0 Å². The number of para-hydroxylation sites is 2. The number of nitrogens with two attached hydrogens (primary N) is 1. The molecule has 0 heterocycles. The highest BCUT2D eigenvalue weighted by Gasteiger charge is 2.22. The van der Waals surface area contributed by atoms with Gasteiger partial charge in [0.05, 0.1) is 12.3 Å². The molecule has 0 saturated carbocycles. The van der Waals surface area contributed by atoms with Crippen molar-refractivity contribution < 1.29 is 22.7 Å². The average molecular weight is 350 g/mol. The smallest absolute Gasteiger partial charge is 0.308 e. The van der Waals surface area contributed by atoms with Crippen molar-refractivity contribution in [2.45, 2.75) is 18.7 Å². The summed E-state index contributed by atoms with van der Waals surface area (Å²) in [4.78, 5) is 11.0. The fourth-order valence-electron chi connectivity index (χ4n) is 2.01. The molecular weight excluding hydrogens is 332 g/mol. The van der Waals surface area contributed by atoms with E-state index in [0.717, 1.165) is 0 Å². The molecular formula is C16H18N2O5S. The zero-order chi connectivity index (χ0) is 17.7. The maximum absolute atomic E-state index is 12.7. The highest BCUT2D eigenvalue weighted by atomic mass is 32.2. The van der Waals surface area contributed by atoms with Gasteiger partial charge in [0.2, 0.25) is 0 Å². The van der Waals surface area contributed by atoms with Crippen molar-refractivity contribution in [3.8, 4) is 11.5 Å². The number of anilines is 2. The van der Waals surface area contributed by atoms with Crippen LogP contribution in [0.1, 0.15) is 13.8 Å². The molecule has 0 bridgehead atoms. The highest BCUT2D eigenvalue weighted by molar-refractivity contribution is 7.92. The van der Waals surface area contributed by atoms with Gasteiger partial charge in [0.25, 0.3) is 10.0 Å². The second-order valence-corrected chi connectivity index (χ2v) is 6.49. The lowest BCUT2D eigenvalue weighted by Gasteiger charge is -2.14. The Morgan fingerprint density at radius 2 is 1.88 bits per heavy atom. The van der Waals surface area contributed by atoms with Crippen molar-refractivity contribution in [3.63, 3.8) is 0 Å². The normalized spacial score (nSPS) is 10.9. The van der Waals surface area contributed by atoms with Gasteiger partial charge in [-0.25, -0.2) is 8.42 Å². The summed E-state index contributed by atoms with van der Waals surface area (Å²) in [5, 5.41) is 0. The van der Waals surface area contributed by atoms with Crippen molar-refractivity contribution in [3.05, 3.63) is 42.5 Å². The third-order valence-electron chi connectivity index (χ3n) is 2.94. The molecule has 0 aromatic heterocycles. The number of hydrogen-bond acceptors (Lipinski definition) is 6. The quantitative estimate of drug-likeness (QED) is 0.470. The summed E-state index contributed by atoms with van der Waals surface area (Å²) < 4.78 is 38.1. The molecule has 0 amide bonds. The first-order chi connectivity index (χ1) is 11.3. The molecule has 128 valence electrons. The number of nitrogen functional groups attached to an aromatic ring is 1. The average Bonchev–Trinajstić information content (AvgIpc) is 2.48. The van der Waals surface area contributed by atoms with Crippen LogP contribution in [0.3, 0.4) is 0 Å². The van der Waals surface area contributed by atoms with Crippen LogP contribution >= 0.6 is 0 Å². The Labute approximate surface area is 140 Å². The van der Waals surface area contributed by atoms with E-state index in [1.54, 1.807) is 31.2 Å². The lowest BCUT2D eigenvalue weighted by Crippen LogP contribution is -2.16. The Kier molecular flexibility index (Phi) is 5.30. The van der Waals surface area contributed by atoms with Crippen LogP contribution in [0, 0.1) is 0 Å². The second-order valence-electron chi connectivity index (χ2n) is 4.83. The molecule has 8 heteroatoms. The van der Waals surface area contributed by atoms with E-state index in [2.05, 4.69) is 4.72 Å². The fourth-order valence-corrected chi connectivity index (χ4v) is 3.19. The number of ether oxygens (including phenoxy) is 2. The molecule has 0 aliphatic carbocycles. The summed E-state index contributed by atoms with van der Waals surface area (Å²) in [6.07, 6.45) is 0. The summed E-state index contributed by atoms with van der Waals surface area (Å²) in [6, 6.07) is 10.6. The van der Waals surface area contributed by atoms with Crippen LogP contribution in [0.5, 0.6) is 11.5 Å². The zero-order valence-corrected chi connectivity index (χ0v) is 14.1. The lowest BCUT2D eigenvalue weighted by atomic mass is 10.3. The molecule has 3 N–H and O–H groups in total. The van der Waals surface area contributed by atoms with Crippen LogP contribution in [0.25, 0.3) is 0 Å². The molecule has 0 aliphatic rings. The van der Waals surface area contributed by atoms with Gasteiger partial charge < -0.3 is 15.2 Å². The van der Waals surface area contributed by atoms with E-state index in [1.165, 1.54) is 25.1 Å². The lowest BCUT2D eigenvalue weighted by molar-refractivity contribution is -0.132. The maximum Gasteiger partial charge on any atom is 0.308 e. The number of rotatable bonds is 6. The van der Waals surface area contributed by atoms with Gasteiger partial charge >= 0.3 is 5.97 Å². The number of sulfonamides is 1. The molecule has 0 spiro atoms. The van der Waals surface area contributed by atoms with Gasteiger partial charge in [-0.3, -0.25) is 9.52 Å². The van der Waals surface area contributed by atoms with E-state index < -0.39 is 16.0 Å². The minimum absolute atomic E-state index is 0.135. The minimum atomic E-state index is -4.01. The molecule has 0 saturated heterocycles. The van der Waals surface area contributed by atoms with Crippen molar-refractivity contribution in [2.75, 3.05) is 17.1 Å². The van der Waals surface area contributed by atoms with E-state index in [9.17, 15) is 13.2 Å². The van der Waals surface area contributed by atoms with Gasteiger partial charge in [0.15, 0.2) is 5.75 Å². The molecule has 7 nitrogen and oxygen atoms in total. The van der Waals surface area contributed by atoms with Gasteiger partial charge in [0.1, 0.15) is 10.6 Å². The monoisotopic (exact) mass is 350 g/mol. The summed E-state index contributed by atoms with van der Waals surface area (Å²) in [7, 11) is -4.01. The fraction of sp³-hybridized carbons (Fsp3) is 0.188. The van der Waals surface area contributed by atoms with Crippen LogP contribution < -0.4 is 19.9 Å². The molecule has 2 aromatic carbocycles. The van der Waals surface area contributed by atoms with Gasteiger partial charge in [-0.1, -0.05) is 12.1 Å². The van der Waals surface area contributed by atoms with E-state index in [1.807, 2.05) is 0 Å². The van der Waals surface area contributed by atoms with Crippen LogP contribution in [0.2, 0.25) is 0 Å². The number of carbonyl (C=O) groups is 1. The summed E-state index contributed by atoms with van der Waals surface area (Å²) >= 11 is 0. The Balaban J connectivity index is 2.43.